The molecule has 4 aromatic heterocycles. The lowest BCUT2D eigenvalue weighted by Crippen LogP contribution is -2.36. The number of hydrogen-bond donors (Lipinski definition) is 2. The van der Waals surface area contributed by atoms with Gasteiger partial charge in [-0.05, 0) is 49.4 Å². The summed E-state index contributed by atoms with van der Waals surface area (Å²) in [6.07, 6.45) is -3.26. The van der Waals surface area contributed by atoms with Crippen LogP contribution in [0.4, 0.5) is 32.0 Å². The highest BCUT2D eigenvalue weighted by Gasteiger charge is 2.60. The molecule has 0 aliphatic rings. The molecule has 0 unspecified atom stereocenters. The fraction of sp³-hybridized carbons (Fsp3) is 0.192. The van der Waals surface area contributed by atoms with Crippen LogP contribution < -0.4 is 10.6 Å². The first-order valence-corrected chi connectivity index (χ1v) is 12.2. The predicted molar refractivity (Wildman–Crippen MR) is 134 cm³/mol. The van der Waals surface area contributed by atoms with Crippen molar-refractivity contribution >= 4 is 23.1 Å². The highest BCUT2D eigenvalue weighted by atomic mass is 19.4. The molecule has 1 aromatic carbocycles. The van der Waals surface area contributed by atoms with Gasteiger partial charge in [0.25, 0.3) is 11.8 Å². The molecule has 5 aromatic rings. The van der Waals surface area contributed by atoms with Crippen molar-refractivity contribution in [2.45, 2.75) is 32.1 Å². The van der Waals surface area contributed by atoms with Crippen molar-refractivity contribution < 1.29 is 40.3 Å². The standard InChI is InChI=1S/C26H19F6N7O3/c1-2-38-13-19(22(37-38)24(41)33-12-16-4-3-9-42-16)35-23(40)18-11-21-34-17(14-5-7-15(27)8-6-14)10-20(39(21)36-18)25(28,29)26(30,31)32/h3-11,13H,2,12H2,1H3,(H,33,41)(H,35,40). The van der Waals surface area contributed by atoms with Crippen LogP contribution in [0.3, 0.4) is 0 Å². The Bertz CT molecular complexity index is 1760. The molecule has 0 fully saturated rings. The van der Waals surface area contributed by atoms with Crippen LogP contribution >= 0.6 is 0 Å². The molecule has 0 radical (unpaired) electrons. The van der Waals surface area contributed by atoms with Crippen molar-refractivity contribution in [2.24, 2.45) is 0 Å². The van der Waals surface area contributed by atoms with Crippen molar-refractivity contribution in [3.8, 4) is 11.3 Å². The summed E-state index contributed by atoms with van der Waals surface area (Å²) in [6, 6.07) is 8.89. The van der Waals surface area contributed by atoms with Crippen LogP contribution in [0.15, 0.2) is 65.4 Å². The quantitative estimate of drug-likeness (QED) is 0.240. The predicted octanol–water partition coefficient (Wildman–Crippen LogP) is 5.18. The zero-order chi connectivity index (χ0) is 30.2. The van der Waals surface area contributed by atoms with Crippen molar-refractivity contribution in [1.82, 2.24) is 29.7 Å². The SMILES string of the molecule is CCn1cc(NC(=O)c2cc3nc(-c4ccc(F)cc4)cc(C(F)(F)C(F)(F)F)n3n2)c(C(=O)NCc2ccco2)n1. The summed E-state index contributed by atoms with van der Waals surface area (Å²) in [5, 5.41) is 12.8. The lowest BCUT2D eigenvalue weighted by atomic mass is 10.1. The van der Waals surface area contributed by atoms with Gasteiger partial charge in [-0.3, -0.25) is 14.3 Å². The van der Waals surface area contributed by atoms with Crippen LogP contribution in [0.5, 0.6) is 0 Å². The average molecular weight is 591 g/mol. The van der Waals surface area contributed by atoms with Gasteiger partial charge >= 0.3 is 12.1 Å². The molecular weight excluding hydrogens is 572 g/mol. The number of carbonyl (C=O) groups is 2. The van der Waals surface area contributed by atoms with Crippen LogP contribution in [-0.4, -0.2) is 42.4 Å². The van der Waals surface area contributed by atoms with Crippen LogP contribution in [0.25, 0.3) is 16.9 Å². The zero-order valence-electron chi connectivity index (χ0n) is 21.4. The second kappa shape index (κ2) is 10.7. The second-order valence-electron chi connectivity index (χ2n) is 8.87. The number of anilines is 1. The number of hydrogen-bond acceptors (Lipinski definition) is 6. The number of furan rings is 1. The Hall–Kier alpha value is -5.15. The summed E-state index contributed by atoms with van der Waals surface area (Å²) in [5.41, 5.74) is -3.27. The maximum atomic E-state index is 14.6. The first-order chi connectivity index (χ1) is 19.9. The first kappa shape index (κ1) is 28.4. The summed E-state index contributed by atoms with van der Waals surface area (Å²) in [5.74, 6) is -7.33. The lowest BCUT2D eigenvalue weighted by molar-refractivity contribution is -0.291. The third-order valence-corrected chi connectivity index (χ3v) is 6.03. The Kier molecular flexibility index (Phi) is 7.22. The van der Waals surface area contributed by atoms with Gasteiger partial charge in [-0.1, -0.05) is 0 Å². The van der Waals surface area contributed by atoms with Crippen LogP contribution in [0, 0.1) is 5.82 Å². The number of amides is 2. The molecular formula is C26H19F6N7O3. The maximum absolute atomic E-state index is 14.6. The Morgan fingerprint density at radius 2 is 1.74 bits per heavy atom. The number of halogens is 6. The van der Waals surface area contributed by atoms with Crippen molar-refractivity contribution in [3.05, 3.63) is 89.7 Å². The molecule has 0 saturated heterocycles. The largest absolute Gasteiger partial charge is 0.467 e. The fourth-order valence-corrected chi connectivity index (χ4v) is 3.92. The van der Waals surface area contributed by atoms with Crippen LogP contribution in [-0.2, 0) is 19.0 Å². The molecule has 42 heavy (non-hydrogen) atoms. The smallest absolute Gasteiger partial charge is 0.459 e. The number of alkyl halides is 5. The van der Waals surface area contributed by atoms with Crippen molar-refractivity contribution in [1.29, 1.82) is 0 Å². The molecule has 0 spiro atoms. The third kappa shape index (κ3) is 5.42. The molecule has 0 bridgehead atoms. The Labute approximate surface area is 232 Å². The van der Waals surface area contributed by atoms with Gasteiger partial charge < -0.3 is 15.1 Å². The van der Waals surface area contributed by atoms with E-state index in [4.69, 9.17) is 4.42 Å². The molecule has 10 nitrogen and oxygen atoms in total. The third-order valence-electron chi connectivity index (χ3n) is 6.03. The van der Waals surface area contributed by atoms with Gasteiger partial charge in [-0.2, -0.15) is 32.1 Å². The minimum Gasteiger partial charge on any atom is -0.467 e. The van der Waals surface area contributed by atoms with Gasteiger partial charge in [0.15, 0.2) is 17.0 Å². The van der Waals surface area contributed by atoms with Crippen molar-refractivity contribution in [3.63, 3.8) is 0 Å². The van der Waals surface area contributed by atoms with E-state index in [0.717, 1.165) is 30.3 Å². The molecule has 0 aliphatic carbocycles. The number of aromatic nitrogens is 5. The van der Waals surface area contributed by atoms with Crippen LogP contribution in [0.2, 0.25) is 0 Å². The molecule has 2 amide bonds. The number of rotatable bonds is 8. The van der Waals surface area contributed by atoms with Crippen molar-refractivity contribution in [2.75, 3.05) is 5.32 Å². The van der Waals surface area contributed by atoms with E-state index in [1.165, 1.54) is 17.1 Å². The molecule has 4 heterocycles. The van der Waals surface area contributed by atoms with E-state index >= 15 is 0 Å². The highest BCUT2D eigenvalue weighted by molar-refractivity contribution is 6.07. The molecule has 2 N–H and O–H groups in total. The minimum absolute atomic E-state index is 0.0168. The Morgan fingerprint density at radius 1 is 1.00 bits per heavy atom. The monoisotopic (exact) mass is 591 g/mol. The number of carbonyl (C=O) groups excluding carboxylic acids is 2. The summed E-state index contributed by atoms with van der Waals surface area (Å²) < 4.78 is 89.6. The summed E-state index contributed by atoms with van der Waals surface area (Å²) in [7, 11) is 0. The maximum Gasteiger partial charge on any atom is 0.459 e. The first-order valence-electron chi connectivity index (χ1n) is 12.2. The fourth-order valence-electron chi connectivity index (χ4n) is 3.92. The zero-order valence-corrected chi connectivity index (χ0v) is 21.4. The van der Waals surface area contributed by atoms with E-state index < -0.39 is 46.8 Å². The Balaban J connectivity index is 1.51. The summed E-state index contributed by atoms with van der Waals surface area (Å²) in [4.78, 5) is 29.9. The minimum atomic E-state index is -6.01. The molecule has 218 valence electrons. The number of benzene rings is 1. The number of aryl methyl sites for hydroxylation is 1. The molecule has 5 rings (SSSR count). The normalized spacial score (nSPS) is 12.1. The molecule has 0 saturated carbocycles. The Morgan fingerprint density at radius 3 is 2.38 bits per heavy atom. The van der Waals surface area contributed by atoms with E-state index in [-0.39, 0.29) is 33.7 Å². The molecule has 16 heteroatoms. The summed E-state index contributed by atoms with van der Waals surface area (Å²) >= 11 is 0. The van der Waals surface area contributed by atoms with E-state index in [9.17, 15) is 35.9 Å². The van der Waals surface area contributed by atoms with E-state index in [0.29, 0.717) is 18.4 Å². The molecule has 0 aliphatic heterocycles. The van der Waals surface area contributed by atoms with Gasteiger partial charge in [0.2, 0.25) is 0 Å². The molecule has 0 atom stereocenters. The van der Waals surface area contributed by atoms with Crippen LogP contribution in [0.1, 0.15) is 39.4 Å². The highest BCUT2D eigenvalue weighted by Crippen LogP contribution is 2.44. The van der Waals surface area contributed by atoms with E-state index in [2.05, 4.69) is 25.8 Å². The lowest BCUT2D eigenvalue weighted by Gasteiger charge is -2.21. The number of fused-ring (bicyclic) bond motifs is 1. The van der Waals surface area contributed by atoms with E-state index in [1.54, 1.807) is 19.1 Å². The van der Waals surface area contributed by atoms with Gasteiger partial charge in [0, 0.05) is 24.4 Å². The number of nitrogens with zero attached hydrogens (tertiary/aromatic N) is 5. The van der Waals surface area contributed by atoms with Gasteiger partial charge in [-0.25, -0.2) is 13.9 Å². The van der Waals surface area contributed by atoms with E-state index in [1.807, 2.05) is 0 Å². The second-order valence-corrected chi connectivity index (χ2v) is 8.87. The van der Waals surface area contributed by atoms with Gasteiger partial charge in [-0.15, -0.1) is 0 Å². The van der Waals surface area contributed by atoms with Gasteiger partial charge in [0.05, 0.1) is 24.2 Å². The van der Waals surface area contributed by atoms with Gasteiger partial charge in [0.1, 0.15) is 17.3 Å². The number of nitrogens with one attached hydrogen (secondary N) is 2. The summed E-state index contributed by atoms with van der Waals surface area (Å²) in [6.45, 7) is 2.05. The topological polar surface area (TPSA) is 119 Å². The average Bonchev–Trinajstić information content (AvgIpc) is 3.70.